The summed E-state index contributed by atoms with van der Waals surface area (Å²) in [6.07, 6.45) is 1.05. The number of benzene rings is 1. The van der Waals surface area contributed by atoms with Crippen molar-refractivity contribution < 1.29 is 22.7 Å². The largest absolute Gasteiger partial charge is 0.492 e. The van der Waals surface area contributed by atoms with Gasteiger partial charge in [-0.3, -0.25) is 9.10 Å². The molecular weight excluding hydrogens is 308 g/mol. The number of carbonyl (C=O) groups is 1. The molecule has 22 heavy (non-hydrogen) atoms. The average Bonchev–Trinajstić information content (AvgIpc) is 2.45. The fourth-order valence-corrected chi connectivity index (χ4v) is 2.66. The molecule has 7 nitrogen and oxygen atoms in total. The maximum Gasteiger partial charge on any atom is 0.240 e. The summed E-state index contributed by atoms with van der Waals surface area (Å²) in [7, 11) is -2.10. The number of carbonyl (C=O) groups excluding carboxylic acids is 1. The zero-order chi connectivity index (χ0) is 16.6. The van der Waals surface area contributed by atoms with Crippen molar-refractivity contribution in [1.29, 1.82) is 0 Å². The molecule has 0 aliphatic carbocycles. The fraction of sp³-hybridized carbons (Fsp3) is 0.500. The highest BCUT2D eigenvalue weighted by Gasteiger charge is 2.23. The van der Waals surface area contributed by atoms with Crippen LogP contribution in [-0.2, 0) is 19.6 Å². The average molecular weight is 330 g/mol. The number of sulfonamides is 1. The maximum atomic E-state index is 12.0. The minimum Gasteiger partial charge on any atom is -0.492 e. The first kappa shape index (κ1) is 18.2. The maximum absolute atomic E-state index is 12.0. The lowest BCUT2D eigenvalue weighted by Crippen LogP contribution is -2.41. The lowest BCUT2D eigenvalue weighted by atomic mass is 10.3. The molecule has 1 amide bonds. The van der Waals surface area contributed by atoms with Crippen LogP contribution in [-0.4, -0.2) is 54.0 Å². The van der Waals surface area contributed by atoms with Gasteiger partial charge in [0.15, 0.2) is 0 Å². The molecular formula is C14H22N2O5S. The second-order valence-corrected chi connectivity index (χ2v) is 6.42. The molecule has 0 unspecified atom stereocenters. The Morgan fingerprint density at radius 1 is 1.32 bits per heavy atom. The van der Waals surface area contributed by atoms with E-state index in [0.717, 1.165) is 10.6 Å². The summed E-state index contributed by atoms with van der Waals surface area (Å²) in [6, 6.07) is 6.71. The highest BCUT2D eigenvalue weighted by atomic mass is 32.2. The number of hydrogen-bond acceptors (Lipinski definition) is 5. The number of nitrogens with one attached hydrogen (secondary N) is 1. The van der Waals surface area contributed by atoms with E-state index in [1.807, 2.05) is 0 Å². The molecule has 0 bridgehead atoms. The van der Waals surface area contributed by atoms with Crippen molar-refractivity contribution in [2.75, 3.05) is 44.0 Å². The van der Waals surface area contributed by atoms with Gasteiger partial charge in [0.2, 0.25) is 15.9 Å². The quantitative estimate of drug-likeness (QED) is 0.671. The summed E-state index contributed by atoms with van der Waals surface area (Å²) in [5.74, 6) is 0.00823. The number of nitrogens with zero attached hydrogens (tertiary/aromatic N) is 1. The van der Waals surface area contributed by atoms with Crippen LogP contribution in [0.4, 0.5) is 5.69 Å². The van der Waals surface area contributed by atoms with Crippen LogP contribution in [0, 0.1) is 0 Å². The smallest absolute Gasteiger partial charge is 0.240 e. The predicted molar refractivity (Wildman–Crippen MR) is 84.7 cm³/mol. The minimum atomic E-state index is -3.62. The van der Waals surface area contributed by atoms with Gasteiger partial charge in [-0.25, -0.2) is 8.42 Å². The number of rotatable bonds is 9. The van der Waals surface area contributed by atoms with Gasteiger partial charge in [0, 0.05) is 13.7 Å². The third-order valence-electron chi connectivity index (χ3n) is 2.75. The molecule has 1 rings (SSSR count). The zero-order valence-corrected chi connectivity index (χ0v) is 13.9. The van der Waals surface area contributed by atoms with Crippen molar-refractivity contribution >= 4 is 21.6 Å². The number of methoxy groups -OCH3 is 1. The molecule has 1 aromatic carbocycles. The SMILES string of the molecule is CCOc1ccccc1N(CC(=O)NCCOC)S(C)(=O)=O. The van der Waals surface area contributed by atoms with Gasteiger partial charge in [-0.05, 0) is 19.1 Å². The topological polar surface area (TPSA) is 84.9 Å². The lowest BCUT2D eigenvalue weighted by Gasteiger charge is -2.24. The molecule has 0 fully saturated rings. The first-order chi connectivity index (χ1) is 10.4. The van der Waals surface area contributed by atoms with Gasteiger partial charge in [0.1, 0.15) is 12.3 Å². The van der Waals surface area contributed by atoms with E-state index in [1.54, 1.807) is 31.2 Å². The molecule has 0 spiro atoms. The molecule has 0 saturated carbocycles. The van der Waals surface area contributed by atoms with E-state index in [2.05, 4.69) is 5.32 Å². The Hall–Kier alpha value is -1.80. The highest BCUT2D eigenvalue weighted by Crippen LogP contribution is 2.29. The van der Waals surface area contributed by atoms with Crippen molar-refractivity contribution in [3.8, 4) is 5.75 Å². The van der Waals surface area contributed by atoms with Gasteiger partial charge in [0.25, 0.3) is 0 Å². The standard InChI is InChI=1S/C14H22N2O5S/c1-4-21-13-8-6-5-7-12(13)16(22(3,18)19)11-14(17)15-9-10-20-2/h5-8H,4,9-11H2,1-3H3,(H,15,17). The third kappa shape index (κ3) is 5.53. The Labute approximate surface area is 131 Å². The second kappa shape index (κ2) is 8.60. The molecule has 0 aromatic heterocycles. The van der Waals surface area contributed by atoms with Crippen LogP contribution in [0.5, 0.6) is 5.75 Å². The Morgan fingerprint density at radius 3 is 2.59 bits per heavy atom. The normalized spacial score (nSPS) is 11.0. The van der Waals surface area contributed by atoms with Crippen molar-refractivity contribution in [3.05, 3.63) is 24.3 Å². The van der Waals surface area contributed by atoms with Crippen LogP contribution in [0.25, 0.3) is 0 Å². The van der Waals surface area contributed by atoms with E-state index in [1.165, 1.54) is 7.11 Å². The molecule has 0 saturated heterocycles. The van der Waals surface area contributed by atoms with E-state index >= 15 is 0 Å². The molecule has 1 aromatic rings. The molecule has 8 heteroatoms. The predicted octanol–water partition coefficient (Wildman–Crippen LogP) is 0.614. The fourth-order valence-electron chi connectivity index (χ4n) is 1.80. The van der Waals surface area contributed by atoms with Gasteiger partial charge in [-0.2, -0.15) is 0 Å². The molecule has 0 aliphatic heterocycles. The monoisotopic (exact) mass is 330 g/mol. The van der Waals surface area contributed by atoms with Crippen molar-refractivity contribution in [1.82, 2.24) is 5.32 Å². The van der Waals surface area contributed by atoms with Gasteiger partial charge >= 0.3 is 0 Å². The number of ether oxygens (including phenoxy) is 2. The zero-order valence-electron chi connectivity index (χ0n) is 13.0. The van der Waals surface area contributed by atoms with Crippen LogP contribution in [0.15, 0.2) is 24.3 Å². The van der Waals surface area contributed by atoms with E-state index in [0.29, 0.717) is 31.2 Å². The van der Waals surface area contributed by atoms with Crippen molar-refractivity contribution in [3.63, 3.8) is 0 Å². The van der Waals surface area contributed by atoms with Gasteiger partial charge in [-0.1, -0.05) is 12.1 Å². The second-order valence-electron chi connectivity index (χ2n) is 4.51. The minimum absolute atomic E-state index is 0.313. The Balaban J connectivity index is 2.98. The molecule has 0 aliphatic rings. The number of amides is 1. The highest BCUT2D eigenvalue weighted by molar-refractivity contribution is 7.92. The first-order valence-electron chi connectivity index (χ1n) is 6.85. The Bertz CT molecular complexity index is 589. The van der Waals surface area contributed by atoms with Crippen LogP contribution < -0.4 is 14.4 Å². The van der Waals surface area contributed by atoms with E-state index < -0.39 is 15.9 Å². The van der Waals surface area contributed by atoms with Gasteiger partial charge < -0.3 is 14.8 Å². The van der Waals surface area contributed by atoms with Crippen molar-refractivity contribution in [2.45, 2.75) is 6.92 Å². The Morgan fingerprint density at radius 2 is 2.00 bits per heavy atom. The van der Waals surface area contributed by atoms with E-state index in [-0.39, 0.29) is 6.54 Å². The van der Waals surface area contributed by atoms with Crippen LogP contribution in [0.2, 0.25) is 0 Å². The number of para-hydroxylation sites is 2. The number of hydrogen-bond donors (Lipinski definition) is 1. The van der Waals surface area contributed by atoms with Crippen molar-refractivity contribution in [2.24, 2.45) is 0 Å². The Kier molecular flexibility index (Phi) is 7.13. The first-order valence-corrected chi connectivity index (χ1v) is 8.70. The molecule has 1 N–H and O–H groups in total. The summed E-state index contributed by atoms with van der Waals surface area (Å²) in [4.78, 5) is 11.9. The molecule has 124 valence electrons. The summed E-state index contributed by atoms with van der Waals surface area (Å²) < 4.78 is 35.3. The summed E-state index contributed by atoms with van der Waals surface area (Å²) >= 11 is 0. The third-order valence-corrected chi connectivity index (χ3v) is 3.88. The van der Waals surface area contributed by atoms with Gasteiger partial charge in [-0.15, -0.1) is 0 Å². The van der Waals surface area contributed by atoms with Crippen LogP contribution in [0.1, 0.15) is 6.92 Å². The van der Waals surface area contributed by atoms with Crippen LogP contribution in [0.3, 0.4) is 0 Å². The van der Waals surface area contributed by atoms with E-state index in [9.17, 15) is 13.2 Å². The molecule has 0 heterocycles. The van der Waals surface area contributed by atoms with Gasteiger partial charge in [0.05, 0.1) is 25.2 Å². The summed E-state index contributed by atoms with van der Waals surface area (Å²) in [5, 5.41) is 2.60. The van der Waals surface area contributed by atoms with E-state index in [4.69, 9.17) is 9.47 Å². The van der Waals surface area contributed by atoms with Crippen LogP contribution >= 0.6 is 0 Å². The summed E-state index contributed by atoms with van der Waals surface area (Å²) in [6.45, 7) is 2.57. The number of anilines is 1. The lowest BCUT2D eigenvalue weighted by molar-refractivity contribution is -0.119. The molecule has 0 radical (unpaired) electrons. The molecule has 0 atom stereocenters. The summed E-state index contributed by atoms with van der Waals surface area (Å²) in [5.41, 5.74) is 0.341.